The van der Waals surface area contributed by atoms with Crippen LogP contribution in [-0.2, 0) is 11.8 Å². The van der Waals surface area contributed by atoms with E-state index in [0.29, 0.717) is 55.8 Å². The van der Waals surface area contributed by atoms with E-state index in [0.717, 1.165) is 32.1 Å². The molecule has 2 heterocycles. The van der Waals surface area contributed by atoms with Gasteiger partial charge in [-0.2, -0.15) is 0 Å². The number of aryl methyl sites for hydroxylation is 1. The zero-order valence-electron chi connectivity index (χ0n) is 21.5. The zero-order chi connectivity index (χ0) is 25.2. The molecular formula is C26H39N5O4. The SMILES string of the molecule is COCCN1CCCCCCN(C(=O)c2cn(C)nn2)[C@@H](CC(C)C)COc2ccccc2C1=O. The Hall–Kier alpha value is -2.94. The van der Waals surface area contributed by atoms with E-state index in [1.165, 1.54) is 0 Å². The fourth-order valence-corrected chi connectivity index (χ4v) is 4.45. The number of hydrogen-bond donors (Lipinski definition) is 0. The van der Waals surface area contributed by atoms with E-state index >= 15 is 0 Å². The maximum Gasteiger partial charge on any atom is 0.276 e. The molecule has 0 radical (unpaired) electrons. The Labute approximate surface area is 208 Å². The highest BCUT2D eigenvalue weighted by atomic mass is 16.5. The van der Waals surface area contributed by atoms with Crippen molar-refractivity contribution in [2.24, 2.45) is 13.0 Å². The third-order valence-corrected chi connectivity index (χ3v) is 6.25. The molecule has 0 spiro atoms. The average molecular weight is 486 g/mol. The van der Waals surface area contributed by atoms with Gasteiger partial charge in [-0.05, 0) is 37.3 Å². The Bertz CT molecular complexity index is 961. The predicted molar refractivity (Wildman–Crippen MR) is 133 cm³/mol. The smallest absolute Gasteiger partial charge is 0.276 e. The third kappa shape index (κ3) is 7.52. The van der Waals surface area contributed by atoms with Crippen molar-refractivity contribution in [2.75, 3.05) is 40.0 Å². The fourth-order valence-electron chi connectivity index (χ4n) is 4.45. The summed E-state index contributed by atoms with van der Waals surface area (Å²) in [6.07, 6.45) is 6.17. The van der Waals surface area contributed by atoms with Crippen LogP contribution in [-0.4, -0.2) is 82.6 Å². The van der Waals surface area contributed by atoms with Crippen LogP contribution < -0.4 is 4.74 Å². The molecule has 0 saturated carbocycles. The van der Waals surface area contributed by atoms with Gasteiger partial charge >= 0.3 is 0 Å². The lowest BCUT2D eigenvalue weighted by molar-refractivity contribution is 0.0556. The number of fused-ring (bicyclic) bond motifs is 1. The van der Waals surface area contributed by atoms with Gasteiger partial charge in [0.2, 0.25) is 0 Å². The van der Waals surface area contributed by atoms with Gasteiger partial charge in [0.15, 0.2) is 5.69 Å². The number of para-hydroxylation sites is 1. The first-order valence-electron chi connectivity index (χ1n) is 12.6. The molecule has 35 heavy (non-hydrogen) atoms. The van der Waals surface area contributed by atoms with Gasteiger partial charge in [0.1, 0.15) is 12.4 Å². The van der Waals surface area contributed by atoms with Gasteiger partial charge in [0.05, 0.1) is 24.4 Å². The largest absolute Gasteiger partial charge is 0.491 e. The number of nitrogens with zero attached hydrogens (tertiary/aromatic N) is 5. The minimum Gasteiger partial charge on any atom is -0.491 e. The van der Waals surface area contributed by atoms with Gasteiger partial charge in [0, 0.05) is 33.8 Å². The van der Waals surface area contributed by atoms with Crippen molar-refractivity contribution >= 4 is 11.8 Å². The molecule has 1 aliphatic heterocycles. The van der Waals surface area contributed by atoms with Crippen molar-refractivity contribution in [2.45, 2.75) is 52.0 Å². The molecule has 1 aliphatic rings. The maximum absolute atomic E-state index is 13.5. The maximum atomic E-state index is 13.5. The molecule has 3 rings (SSSR count). The molecule has 0 N–H and O–H groups in total. The number of carbonyl (C=O) groups is 2. The van der Waals surface area contributed by atoms with Crippen molar-refractivity contribution in [1.82, 2.24) is 24.8 Å². The Morgan fingerprint density at radius 3 is 2.60 bits per heavy atom. The number of ether oxygens (including phenoxy) is 2. The van der Waals surface area contributed by atoms with Crippen LogP contribution in [0.25, 0.3) is 0 Å². The molecule has 1 atom stereocenters. The Morgan fingerprint density at radius 1 is 1.17 bits per heavy atom. The van der Waals surface area contributed by atoms with E-state index < -0.39 is 0 Å². The summed E-state index contributed by atoms with van der Waals surface area (Å²) in [7, 11) is 3.40. The van der Waals surface area contributed by atoms with Crippen LogP contribution in [0.1, 0.15) is 66.8 Å². The molecule has 0 aliphatic carbocycles. The first kappa shape index (κ1) is 26.7. The molecule has 192 valence electrons. The van der Waals surface area contributed by atoms with Gasteiger partial charge in [-0.25, -0.2) is 0 Å². The van der Waals surface area contributed by atoms with Crippen LogP contribution in [0, 0.1) is 5.92 Å². The molecule has 0 fully saturated rings. The summed E-state index contributed by atoms with van der Waals surface area (Å²) < 4.78 is 13.1. The van der Waals surface area contributed by atoms with Crippen LogP contribution in [0.15, 0.2) is 30.5 Å². The van der Waals surface area contributed by atoms with Crippen LogP contribution in [0.3, 0.4) is 0 Å². The lowest BCUT2D eigenvalue weighted by Crippen LogP contribution is -2.45. The zero-order valence-corrected chi connectivity index (χ0v) is 21.5. The summed E-state index contributed by atoms with van der Waals surface area (Å²) in [5, 5.41) is 8.01. The van der Waals surface area contributed by atoms with Gasteiger partial charge in [-0.15, -0.1) is 5.10 Å². The number of amides is 2. The predicted octanol–water partition coefficient (Wildman–Crippen LogP) is 3.41. The van der Waals surface area contributed by atoms with Gasteiger partial charge < -0.3 is 19.3 Å². The summed E-state index contributed by atoms with van der Waals surface area (Å²) in [4.78, 5) is 30.7. The van der Waals surface area contributed by atoms with Crippen LogP contribution in [0.2, 0.25) is 0 Å². The van der Waals surface area contributed by atoms with E-state index in [9.17, 15) is 9.59 Å². The van der Waals surface area contributed by atoms with Gasteiger partial charge in [0.25, 0.3) is 11.8 Å². The second kappa shape index (κ2) is 13.2. The molecule has 2 aromatic rings. The van der Waals surface area contributed by atoms with Crippen molar-refractivity contribution in [3.8, 4) is 5.75 Å². The van der Waals surface area contributed by atoms with Crippen molar-refractivity contribution in [3.63, 3.8) is 0 Å². The van der Waals surface area contributed by atoms with E-state index in [1.54, 1.807) is 25.0 Å². The highest BCUT2D eigenvalue weighted by Crippen LogP contribution is 2.24. The molecule has 0 saturated heterocycles. The number of rotatable bonds is 6. The minimum absolute atomic E-state index is 0.0531. The van der Waals surface area contributed by atoms with Gasteiger partial charge in [-0.3, -0.25) is 14.3 Å². The quantitative estimate of drug-likeness (QED) is 0.623. The number of carbonyl (C=O) groups excluding carboxylic acids is 2. The molecule has 2 amide bonds. The Balaban J connectivity index is 1.90. The molecule has 9 heteroatoms. The van der Waals surface area contributed by atoms with Crippen LogP contribution in [0.4, 0.5) is 0 Å². The summed E-state index contributed by atoms with van der Waals surface area (Å²) in [5.41, 5.74) is 0.877. The normalized spacial score (nSPS) is 18.2. The third-order valence-electron chi connectivity index (χ3n) is 6.25. The molecule has 9 nitrogen and oxygen atoms in total. The first-order chi connectivity index (χ1) is 16.9. The minimum atomic E-state index is -0.153. The van der Waals surface area contributed by atoms with Crippen LogP contribution in [0.5, 0.6) is 5.75 Å². The highest BCUT2D eigenvalue weighted by Gasteiger charge is 2.29. The van der Waals surface area contributed by atoms with E-state index in [-0.39, 0.29) is 17.9 Å². The van der Waals surface area contributed by atoms with Crippen molar-refractivity contribution in [3.05, 3.63) is 41.7 Å². The summed E-state index contributed by atoms with van der Waals surface area (Å²) in [6.45, 7) is 6.90. The summed E-state index contributed by atoms with van der Waals surface area (Å²) in [5.74, 6) is 0.718. The topological polar surface area (TPSA) is 89.8 Å². The highest BCUT2D eigenvalue weighted by molar-refractivity contribution is 5.97. The molecule has 1 aromatic carbocycles. The van der Waals surface area contributed by atoms with Crippen LogP contribution >= 0.6 is 0 Å². The summed E-state index contributed by atoms with van der Waals surface area (Å²) >= 11 is 0. The molecular weight excluding hydrogens is 446 g/mol. The average Bonchev–Trinajstić information content (AvgIpc) is 3.28. The van der Waals surface area contributed by atoms with Crippen molar-refractivity contribution in [1.29, 1.82) is 0 Å². The number of hydrogen-bond acceptors (Lipinski definition) is 6. The monoisotopic (exact) mass is 485 g/mol. The number of aromatic nitrogens is 3. The standard InChI is InChI=1S/C26H39N5O4/c1-20(2)17-21-19-35-24-12-8-7-11-22(24)25(32)30(15-16-34-4)13-9-5-6-10-14-31(21)26(33)23-18-29(3)28-27-23/h7-8,11-12,18,20-21H,5-6,9-10,13-17,19H2,1-4H3/t21-/m0/s1. The Morgan fingerprint density at radius 2 is 1.91 bits per heavy atom. The second-order valence-corrected chi connectivity index (χ2v) is 9.57. The summed E-state index contributed by atoms with van der Waals surface area (Å²) in [6, 6.07) is 7.21. The molecule has 0 unspecified atom stereocenters. The van der Waals surface area contributed by atoms with E-state index in [2.05, 4.69) is 24.2 Å². The van der Waals surface area contributed by atoms with E-state index in [1.807, 2.05) is 34.1 Å². The van der Waals surface area contributed by atoms with Crippen molar-refractivity contribution < 1.29 is 19.1 Å². The lowest BCUT2D eigenvalue weighted by atomic mass is 10.0. The van der Waals surface area contributed by atoms with E-state index in [4.69, 9.17) is 9.47 Å². The first-order valence-corrected chi connectivity index (χ1v) is 12.6. The number of methoxy groups -OCH3 is 1. The number of benzene rings is 1. The fraction of sp³-hybridized carbons (Fsp3) is 0.615. The Kier molecular flexibility index (Phi) is 10.1. The molecule has 1 aromatic heterocycles. The van der Waals surface area contributed by atoms with Gasteiger partial charge in [-0.1, -0.05) is 44.0 Å². The molecule has 0 bridgehead atoms. The lowest BCUT2D eigenvalue weighted by Gasteiger charge is -2.33. The second-order valence-electron chi connectivity index (χ2n) is 9.57.